The van der Waals surface area contributed by atoms with Crippen LogP contribution in [0.25, 0.3) is 0 Å². The number of esters is 2. The molecule has 3 unspecified atom stereocenters. The molecular formula is C41H79O10. The average molecular weight is 732 g/mol. The van der Waals surface area contributed by atoms with Gasteiger partial charge in [-0.25, -0.2) is 0 Å². The van der Waals surface area contributed by atoms with Crippen molar-refractivity contribution in [2.24, 2.45) is 0 Å². The smallest absolute Gasteiger partial charge is 0.306 e. The number of carbonyl (C=O) groups excluding carboxylic acids is 2. The zero-order valence-corrected chi connectivity index (χ0v) is 33.4. The number of rotatable bonds is 41. The normalized spacial score (nSPS) is 13.3. The van der Waals surface area contributed by atoms with Gasteiger partial charge in [-0.05, 0) is 58.3 Å². The van der Waals surface area contributed by atoms with Crippen molar-refractivity contribution in [1.29, 1.82) is 0 Å². The van der Waals surface area contributed by atoms with E-state index in [1.807, 2.05) is 0 Å². The van der Waals surface area contributed by atoms with E-state index in [0.29, 0.717) is 85.5 Å². The molecule has 3 atom stereocenters. The molecule has 0 aliphatic heterocycles. The van der Waals surface area contributed by atoms with Gasteiger partial charge in [-0.1, -0.05) is 91.9 Å². The second-order valence-corrected chi connectivity index (χ2v) is 13.3. The van der Waals surface area contributed by atoms with E-state index >= 15 is 0 Å². The fourth-order valence-corrected chi connectivity index (χ4v) is 5.44. The molecule has 0 saturated carbocycles. The zero-order chi connectivity index (χ0) is 37.5. The molecule has 51 heavy (non-hydrogen) atoms. The average Bonchev–Trinajstić information content (AvgIpc) is 3.13. The van der Waals surface area contributed by atoms with Gasteiger partial charge in [-0.3, -0.25) is 9.59 Å². The lowest BCUT2D eigenvalue weighted by molar-refractivity contribution is -0.150. The van der Waals surface area contributed by atoms with Gasteiger partial charge in [0.2, 0.25) is 0 Å². The molecule has 0 rings (SSSR count). The van der Waals surface area contributed by atoms with E-state index in [1.54, 1.807) is 0 Å². The Hall–Kier alpha value is -1.30. The minimum absolute atomic E-state index is 0.0539. The molecule has 1 radical (unpaired) electrons. The molecule has 0 amide bonds. The molecule has 0 spiro atoms. The van der Waals surface area contributed by atoms with Gasteiger partial charge >= 0.3 is 11.9 Å². The highest BCUT2D eigenvalue weighted by Crippen LogP contribution is 2.14. The maximum Gasteiger partial charge on any atom is 0.306 e. The SMILES string of the molecule is [CH2]COCCOCCOCCOCC(COCCCCCCCC(=O)OC(CC)CCCC)OCCCCCCCC(=O)OC(CC)CCCC. The fourth-order valence-electron chi connectivity index (χ4n) is 5.44. The summed E-state index contributed by atoms with van der Waals surface area (Å²) in [6, 6.07) is 0. The number of hydrogen-bond acceptors (Lipinski definition) is 10. The summed E-state index contributed by atoms with van der Waals surface area (Å²) in [6.45, 7) is 17.9. The van der Waals surface area contributed by atoms with E-state index in [1.165, 1.54) is 0 Å². The number of hydrogen-bond donors (Lipinski definition) is 0. The summed E-state index contributed by atoms with van der Waals surface area (Å²) >= 11 is 0. The second kappa shape index (κ2) is 39.9. The highest BCUT2D eigenvalue weighted by molar-refractivity contribution is 5.69. The molecule has 303 valence electrons. The Balaban J connectivity index is 4.20. The van der Waals surface area contributed by atoms with Crippen molar-refractivity contribution < 1.29 is 47.5 Å². The predicted molar refractivity (Wildman–Crippen MR) is 204 cm³/mol. The molecule has 0 N–H and O–H groups in total. The van der Waals surface area contributed by atoms with Gasteiger partial charge in [0.25, 0.3) is 0 Å². The summed E-state index contributed by atoms with van der Waals surface area (Å²) in [5, 5.41) is 0. The third-order valence-corrected chi connectivity index (χ3v) is 8.68. The molecule has 0 aliphatic rings. The zero-order valence-electron chi connectivity index (χ0n) is 33.4. The van der Waals surface area contributed by atoms with Crippen molar-refractivity contribution in [1.82, 2.24) is 0 Å². The van der Waals surface area contributed by atoms with Crippen LogP contribution in [0.4, 0.5) is 0 Å². The Bertz CT molecular complexity index is 737. The molecule has 0 heterocycles. The summed E-state index contributed by atoms with van der Waals surface area (Å²) in [7, 11) is 0. The lowest BCUT2D eigenvalue weighted by Crippen LogP contribution is -2.27. The molecular weight excluding hydrogens is 652 g/mol. The van der Waals surface area contributed by atoms with Crippen LogP contribution in [0.15, 0.2) is 0 Å². The van der Waals surface area contributed by atoms with Crippen LogP contribution in [0, 0.1) is 6.92 Å². The van der Waals surface area contributed by atoms with Gasteiger partial charge in [-0.2, -0.15) is 0 Å². The largest absolute Gasteiger partial charge is 0.462 e. The van der Waals surface area contributed by atoms with Gasteiger partial charge in [0.15, 0.2) is 0 Å². The first-order chi connectivity index (χ1) is 25.0. The molecule has 10 heteroatoms. The first-order valence-corrected chi connectivity index (χ1v) is 20.7. The molecule has 0 saturated heterocycles. The summed E-state index contributed by atoms with van der Waals surface area (Å²) in [4.78, 5) is 24.3. The fraction of sp³-hybridized carbons (Fsp3) is 0.927. The highest BCUT2D eigenvalue weighted by atomic mass is 16.6. The van der Waals surface area contributed by atoms with Crippen LogP contribution in [0.2, 0.25) is 0 Å². The van der Waals surface area contributed by atoms with E-state index in [9.17, 15) is 9.59 Å². The molecule has 0 aromatic carbocycles. The Morgan fingerprint density at radius 2 is 0.863 bits per heavy atom. The van der Waals surface area contributed by atoms with Crippen molar-refractivity contribution >= 4 is 11.9 Å². The van der Waals surface area contributed by atoms with Crippen molar-refractivity contribution in [2.45, 2.75) is 174 Å². The molecule has 10 nitrogen and oxygen atoms in total. The Kier molecular flexibility index (Phi) is 38.9. The molecule has 0 fully saturated rings. The summed E-state index contributed by atoms with van der Waals surface area (Å²) in [5.74, 6) is -0.111. The van der Waals surface area contributed by atoms with Crippen molar-refractivity contribution in [3.63, 3.8) is 0 Å². The third-order valence-electron chi connectivity index (χ3n) is 8.68. The summed E-state index contributed by atoms with van der Waals surface area (Å²) in [6.07, 6.45) is 19.2. The number of carbonyl (C=O) groups is 2. The van der Waals surface area contributed by atoms with Crippen LogP contribution in [-0.4, -0.2) is 103 Å². The maximum absolute atomic E-state index is 12.2. The minimum Gasteiger partial charge on any atom is -0.462 e. The lowest BCUT2D eigenvalue weighted by Gasteiger charge is -2.18. The quantitative estimate of drug-likeness (QED) is 0.0447. The van der Waals surface area contributed by atoms with Gasteiger partial charge in [0.05, 0.1) is 52.9 Å². The Labute approximate surface area is 313 Å². The van der Waals surface area contributed by atoms with Crippen LogP contribution in [0.1, 0.15) is 156 Å². The predicted octanol–water partition coefficient (Wildman–Crippen LogP) is 8.99. The van der Waals surface area contributed by atoms with Crippen molar-refractivity contribution in [3.05, 3.63) is 6.92 Å². The standard InChI is InChI=1S/C41H79O10/c1-6-11-23-37(8-3)50-40(42)25-19-15-13-17-21-27-47-35-39(36-48-34-33-46-32-31-45-30-29-44-10-5)49-28-22-18-14-16-20-26-41(43)51-38(9-4)24-12-7-2/h37-39H,5-36H2,1-4H3. The van der Waals surface area contributed by atoms with E-state index in [-0.39, 0.29) is 30.3 Å². The highest BCUT2D eigenvalue weighted by Gasteiger charge is 2.14. The van der Waals surface area contributed by atoms with E-state index in [4.69, 9.17) is 37.9 Å². The molecule has 0 aliphatic carbocycles. The first-order valence-electron chi connectivity index (χ1n) is 20.7. The Morgan fingerprint density at radius 3 is 1.33 bits per heavy atom. The van der Waals surface area contributed by atoms with E-state index < -0.39 is 0 Å². The van der Waals surface area contributed by atoms with Crippen LogP contribution in [0.5, 0.6) is 0 Å². The molecule has 0 bridgehead atoms. The van der Waals surface area contributed by atoms with Crippen molar-refractivity contribution in [2.75, 3.05) is 72.7 Å². The maximum atomic E-state index is 12.2. The lowest BCUT2D eigenvalue weighted by atomic mass is 10.1. The topological polar surface area (TPSA) is 108 Å². The summed E-state index contributed by atoms with van der Waals surface area (Å²) < 4.78 is 45.4. The van der Waals surface area contributed by atoms with E-state index in [0.717, 1.165) is 116 Å². The third kappa shape index (κ3) is 35.5. The van der Waals surface area contributed by atoms with Crippen LogP contribution in [-0.2, 0) is 47.5 Å². The van der Waals surface area contributed by atoms with Gasteiger partial charge in [0.1, 0.15) is 18.3 Å². The van der Waals surface area contributed by atoms with Gasteiger partial charge in [-0.15, -0.1) is 0 Å². The Morgan fingerprint density at radius 1 is 0.451 bits per heavy atom. The van der Waals surface area contributed by atoms with Crippen LogP contribution in [0.3, 0.4) is 0 Å². The van der Waals surface area contributed by atoms with Gasteiger partial charge in [0, 0.05) is 32.7 Å². The monoisotopic (exact) mass is 732 g/mol. The van der Waals surface area contributed by atoms with E-state index in [2.05, 4.69) is 34.6 Å². The van der Waals surface area contributed by atoms with Gasteiger partial charge < -0.3 is 37.9 Å². The minimum atomic E-state index is -0.134. The second-order valence-electron chi connectivity index (χ2n) is 13.3. The number of ether oxygens (including phenoxy) is 8. The first kappa shape index (κ1) is 49.7. The molecule has 0 aromatic rings. The van der Waals surface area contributed by atoms with Crippen LogP contribution < -0.4 is 0 Å². The van der Waals surface area contributed by atoms with Crippen molar-refractivity contribution in [3.8, 4) is 0 Å². The summed E-state index contributed by atoms with van der Waals surface area (Å²) in [5.41, 5.74) is 0. The number of unbranched alkanes of at least 4 members (excludes halogenated alkanes) is 10. The molecule has 0 aromatic heterocycles. The van der Waals surface area contributed by atoms with Crippen LogP contribution >= 0.6 is 0 Å².